The molecule has 4 heteroatoms. The minimum Gasteiger partial charge on any atom is -0.346 e. The number of nitrogens with one attached hydrogen (secondary N) is 1. The van der Waals surface area contributed by atoms with E-state index in [0.717, 1.165) is 5.56 Å². The van der Waals surface area contributed by atoms with E-state index < -0.39 is 0 Å². The van der Waals surface area contributed by atoms with Crippen molar-refractivity contribution in [2.45, 2.75) is 26.4 Å². The van der Waals surface area contributed by atoms with Gasteiger partial charge in [0.05, 0.1) is 11.7 Å². The fourth-order valence-corrected chi connectivity index (χ4v) is 1.95. The van der Waals surface area contributed by atoms with Crippen molar-refractivity contribution in [2.75, 3.05) is 0 Å². The van der Waals surface area contributed by atoms with Gasteiger partial charge < -0.3 is 11.1 Å². The van der Waals surface area contributed by atoms with Crippen molar-refractivity contribution in [3.63, 3.8) is 0 Å². The highest BCUT2D eigenvalue weighted by Crippen LogP contribution is 2.14. The zero-order chi connectivity index (χ0) is 14.5. The maximum atomic E-state index is 12.2. The lowest BCUT2D eigenvalue weighted by atomic mass is 10.1. The molecule has 1 amide bonds. The lowest BCUT2D eigenvalue weighted by Crippen LogP contribution is -2.26. The number of pyridine rings is 1. The number of rotatable bonds is 4. The Balaban J connectivity index is 2.08. The molecule has 1 heterocycles. The molecule has 2 aromatic rings. The van der Waals surface area contributed by atoms with Gasteiger partial charge in [-0.3, -0.25) is 9.78 Å². The average molecular weight is 269 g/mol. The summed E-state index contributed by atoms with van der Waals surface area (Å²) in [5.41, 5.74) is 9.11. The first-order chi connectivity index (χ1) is 9.60. The predicted octanol–water partition coefficient (Wildman–Crippen LogP) is 2.34. The van der Waals surface area contributed by atoms with Gasteiger partial charge in [0.1, 0.15) is 0 Å². The molecule has 0 spiro atoms. The Kier molecular flexibility index (Phi) is 4.48. The zero-order valence-corrected chi connectivity index (χ0v) is 11.8. The molecule has 1 aromatic carbocycles. The number of aromatic nitrogens is 1. The van der Waals surface area contributed by atoms with Gasteiger partial charge in [-0.2, -0.15) is 0 Å². The summed E-state index contributed by atoms with van der Waals surface area (Å²) in [4.78, 5) is 16.3. The fraction of sp³-hybridized carbons (Fsp3) is 0.250. The Hall–Kier alpha value is -2.20. The molecule has 0 aliphatic carbocycles. The molecule has 3 N–H and O–H groups in total. The number of hydrogen-bond donors (Lipinski definition) is 2. The highest BCUT2D eigenvalue weighted by molar-refractivity contribution is 5.94. The van der Waals surface area contributed by atoms with Gasteiger partial charge in [-0.1, -0.05) is 29.8 Å². The van der Waals surface area contributed by atoms with E-state index in [1.165, 1.54) is 5.56 Å². The summed E-state index contributed by atoms with van der Waals surface area (Å²) >= 11 is 0. The van der Waals surface area contributed by atoms with Crippen LogP contribution in [-0.2, 0) is 6.54 Å². The lowest BCUT2D eigenvalue weighted by Gasteiger charge is -2.15. The molecule has 0 aliphatic rings. The van der Waals surface area contributed by atoms with E-state index in [0.29, 0.717) is 17.8 Å². The van der Waals surface area contributed by atoms with E-state index in [-0.39, 0.29) is 11.9 Å². The van der Waals surface area contributed by atoms with Crippen molar-refractivity contribution in [3.8, 4) is 0 Å². The van der Waals surface area contributed by atoms with Crippen molar-refractivity contribution in [1.82, 2.24) is 10.3 Å². The highest BCUT2D eigenvalue weighted by Gasteiger charge is 2.11. The van der Waals surface area contributed by atoms with Crippen LogP contribution in [-0.4, -0.2) is 10.9 Å². The lowest BCUT2D eigenvalue weighted by molar-refractivity contribution is 0.0939. The Morgan fingerprint density at radius 1 is 1.30 bits per heavy atom. The Morgan fingerprint density at radius 3 is 2.65 bits per heavy atom. The second kappa shape index (κ2) is 6.30. The fourth-order valence-electron chi connectivity index (χ4n) is 1.95. The van der Waals surface area contributed by atoms with E-state index in [2.05, 4.69) is 10.3 Å². The van der Waals surface area contributed by atoms with Crippen LogP contribution >= 0.6 is 0 Å². The Morgan fingerprint density at radius 2 is 2.00 bits per heavy atom. The van der Waals surface area contributed by atoms with Gasteiger partial charge in [-0.25, -0.2) is 0 Å². The Labute approximate surface area is 119 Å². The van der Waals surface area contributed by atoms with Crippen LogP contribution in [0.25, 0.3) is 0 Å². The summed E-state index contributed by atoms with van der Waals surface area (Å²) in [5.74, 6) is -0.116. The summed E-state index contributed by atoms with van der Waals surface area (Å²) in [7, 11) is 0. The molecule has 0 saturated carbocycles. The number of hydrogen-bond acceptors (Lipinski definition) is 3. The summed E-state index contributed by atoms with van der Waals surface area (Å²) in [6, 6.07) is 11.5. The SMILES string of the molecule is Cc1ccc(C(C)NC(=O)c2ccnc(CN)c2)cc1. The van der Waals surface area contributed by atoms with E-state index in [4.69, 9.17) is 5.73 Å². The quantitative estimate of drug-likeness (QED) is 0.895. The van der Waals surface area contributed by atoms with Crippen LogP contribution in [0.1, 0.15) is 40.1 Å². The smallest absolute Gasteiger partial charge is 0.251 e. The molecule has 1 atom stereocenters. The van der Waals surface area contributed by atoms with Crippen molar-refractivity contribution in [1.29, 1.82) is 0 Å². The van der Waals surface area contributed by atoms with Crippen LogP contribution in [0.2, 0.25) is 0 Å². The molecular weight excluding hydrogens is 250 g/mol. The third-order valence-electron chi connectivity index (χ3n) is 3.21. The molecule has 1 aromatic heterocycles. The number of carbonyl (C=O) groups is 1. The normalized spacial score (nSPS) is 11.9. The molecule has 0 radical (unpaired) electrons. The third-order valence-corrected chi connectivity index (χ3v) is 3.21. The second-order valence-electron chi connectivity index (χ2n) is 4.85. The van der Waals surface area contributed by atoms with Crippen molar-refractivity contribution >= 4 is 5.91 Å². The largest absolute Gasteiger partial charge is 0.346 e. The molecule has 0 aliphatic heterocycles. The van der Waals surface area contributed by atoms with E-state index in [9.17, 15) is 4.79 Å². The molecule has 0 fully saturated rings. The molecule has 20 heavy (non-hydrogen) atoms. The molecule has 104 valence electrons. The molecule has 0 bridgehead atoms. The van der Waals surface area contributed by atoms with Crippen LogP contribution in [0.3, 0.4) is 0 Å². The van der Waals surface area contributed by atoms with Gasteiger partial charge in [-0.05, 0) is 31.5 Å². The van der Waals surface area contributed by atoms with Gasteiger partial charge in [0.15, 0.2) is 0 Å². The number of nitrogens with two attached hydrogens (primary N) is 1. The number of nitrogens with zero attached hydrogens (tertiary/aromatic N) is 1. The van der Waals surface area contributed by atoms with E-state index in [1.807, 2.05) is 38.1 Å². The maximum absolute atomic E-state index is 12.2. The minimum absolute atomic E-state index is 0.0439. The van der Waals surface area contributed by atoms with Gasteiger partial charge in [-0.15, -0.1) is 0 Å². The maximum Gasteiger partial charge on any atom is 0.251 e. The number of benzene rings is 1. The second-order valence-corrected chi connectivity index (χ2v) is 4.85. The average Bonchev–Trinajstić information content (AvgIpc) is 2.47. The van der Waals surface area contributed by atoms with Crippen molar-refractivity contribution in [3.05, 3.63) is 65.0 Å². The number of amides is 1. The first-order valence-electron chi connectivity index (χ1n) is 6.62. The van der Waals surface area contributed by atoms with Crippen LogP contribution in [0, 0.1) is 6.92 Å². The molecule has 2 rings (SSSR count). The van der Waals surface area contributed by atoms with Crippen LogP contribution in [0.4, 0.5) is 0 Å². The summed E-state index contributed by atoms with van der Waals surface area (Å²) in [5, 5.41) is 2.98. The third kappa shape index (κ3) is 3.42. The number of carbonyl (C=O) groups excluding carboxylic acids is 1. The molecular formula is C16H19N3O. The van der Waals surface area contributed by atoms with Gasteiger partial charge in [0.25, 0.3) is 5.91 Å². The van der Waals surface area contributed by atoms with Gasteiger partial charge in [0.2, 0.25) is 0 Å². The first-order valence-corrected chi connectivity index (χ1v) is 6.62. The van der Waals surface area contributed by atoms with Gasteiger partial charge in [0, 0.05) is 18.3 Å². The Bertz CT molecular complexity index is 593. The molecule has 0 saturated heterocycles. The highest BCUT2D eigenvalue weighted by atomic mass is 16.1. The standard InChI is InChI=1S/C16H19N3O/c1-11-3-5-13(6-4-11)12(2)19-16(20)14-7-8-18-15(9-14)10-17/h3-9,12H,10,17H2,1-2H3,(H,19,20). The van der Waals surface area contributed by atoms with E-state index >= 15 is 0 Å². The van der Waals surface area contributed by atoms with Crippen LogP contribution in [0.15, 0.2) is 42.6 Å². The van der Waals surface area contributed by atoms with E-state index in [1.54, 1.807) is 18.3 Å². The van der Waals surface area contributed by atoms with Gasteiger partial charge >= 0.3 is 0 Å². The predicted molar refractivity (Wildman–Crippen MR) is 79.2 cm³/mol. The summed E-state index contributed by atoms with van der Waals surface area (Å²) in [6.45, 7) is 4.33. The summed E-state index contributed by atoms with van der Waals surface area (Å²) < 4.78 is 0. The van der Waals surface area contributed by atoms with Crippen LogP contribution in [0.5, 0.6) is 0 Å². The summed E-state index contributed by atoms with van der Waals surface area (Å²) in [6.07, 6.45) is 1.60. The van der Waals surface area contributed by atoms with Crippen molar-refractivity contribution in [2.24, 2.45) is 5.73 Å². The number of aryl methyl sites for hydroxylation is 1. The van der Waals surface area contributed by atoms with Crippen LogP contribution < -0.4 is 11.1 Å². The topological polar surface area (TPSA) is 68.0 Å². The molecule has 4 nitrogen and oxygen atoms in total. The molecule has 1 unspecified atom stereocenters. The van der Waals surface area contributed by atoms with Crippen molar-refractivity contribution < 1.29 is 4.79 Å². The first kappa shape index (κ1) is 14.2. The zero-order valence-electron chi connectivity index (χ0n) is 11.8. The monoisotopic (exact) mass is 269 g/mol. The minimum atomic E-state index is -0.116.